The van der Waals surface area contributed by atoms with Crippen LogP contribution in [0.4, 0.5) is 16.0 Å². The molecule has 3 aliphatic rings. The molecule has 1 N–H and O–H groups in total. The van der Waals surface area contributed by atoms with E-state index in [2.05, 4.69) is 38.4 Å². The molecule has 3 aromatic rings. The quantitative estimate of drug-likeness (QED) is 0.690. The molecule has 0 atom stereocenters. The van der Waals surface area contributed by atoms with E-state index < -0.39 is 0 Å². The molecule has 1 spiro atoms. The van der Waals surface area contributed by atoms with E-state index in [1.807, 2.05) is 20.0 Å². The second-order valence-electron chi connectivity index (χ2n) is 9.18. The molecule has 2 fully saturated rings. The van der Waals surface area contributed by atoms with E-state index in [0.29, 0.717) is 17.1 Å². The smallest absolute Gasteiger partial charge is 0.229 e. The Balaban J connectivity index is 1.39. The molecule has 2 aromatic carbocycles. The van der Waals surface area contributed by atoms with Gasteiger partial charge in [0.05, 0.1) is 18.6 Å². The normalized spacial score (nSPS) is 19.9. The van der Waals surface area contributed by atoms with E-state index in [1.54, 1.807) is 18.5 Å². The number of anilines is 2. The first-order valence-corrected chi connectivity index (χ1v) is 10.8. The van der Waals surface area contributed by atoms with E-state index in [0.717, 1.165) is 43.9 Å². The minimum Gasteiger partial charge on any atom is -0.379 e. The lowest BCUT2D eigenvalue weighted by Crippen LogP contribution is -2.49. The van der Waals surface area contributed by atoms with Crippen LogP contribution in [-0.4, -0.2) is 36.8 Å². The Labute approximate surface area is 181 Å². The van der Waals surface area contributed by atoms with E-state index in [4.69, 9.17) is 4.74 Å². The van der Waals surface area contributed by atoms with Crippen molar-refractivity contribution in [2.24, 2.45) is 0 Å². The van der Waals surface area contributed by atoms with Crippen LogP contribution in [0.2, 0.25) is 0 Å². The zero-order chi connectivity index (χ0) is 21.2. The molecule has 6 rings (SSSR count). The third-order valence-corrected chi connectivity index (χ3v) is 7.17. The number of hydrogen-bond acceptors (Lipinski definition) is 5. The second kappa shape index (κ2) is 6.58. The highest BCUT2D eigenvalue weighted by atomic mass is 19.1. The molecule has 0 bridgehead atoms. The van der Waals surface area contributed by atoms with Gasteiger partial charge in [-0.2, -0.15) is 0 Å². The van der Waals surface area contributed by atoms with Crippen molar-refractivity contribution in [1.82, 2.24) is 15.3 Å². The summed E-state index contributed by atoms with van der Waals surface area (Å²) in [6.45, 7) is 4.20. The van der Waals surface area contributed by atoms with Gasteiger partial charge in [0.15, 0.2) is 0 Å². The van der Waals surface area contributed by atoms with Gasteiger partial charge in [0.2, 0.25) is 5.95 Å². The van der Waals surface area contributed by atoms with Gasteiger partial charge in [-0.15, -0.1) is 0 Å². The predicted molar refractivity (Wildman–Crippen MR) is 118 cm³/mol. The fourth-order valence-corrected chi connectivity index (χ4v) is 5.02. The molecule has 1 saturated heterocycles. The number of nitrogens with zero attached hydrogens (tertiary/aromatic N) is 3. The van der Waals surface area contributed by atoms with Crippen LogP contribution in [-0.2, 0) is 15.7 Å². The highest BCUT2D eigenvalue weighted by Crippen LogP contribution is 2.51. The van der Waals surface area contributed by atoms with Crippen molar-refractivity contribution in [2.45, 2.75) is 30.7 Å². The Morgan fingerprint density at radius 2 is 1.84 bits per heavy atom. The topological polar surface area (TPSA) is 50.3 Å². The van der Waals surface area contributed by atoms with Gasteiger partial charge >= 0.3 is 0 Å². The number of aromatic nitrogens is 2. The van der Waals surface area contributed by atoms with Crippen molar-refractivity contribution < 1.29 is 9.13 Å². The summed E-state index contributed by atoms with van der Waals surface area (Å²) in [5.41, 5.74) is 6.12. The molecular weight excluding hydrogens is 391 g/mol. The summed E-state index contributed by atoms with van der Waals surface area (Å²) in [5.74, 6) is 0.388. The molecule has 0 radical (unpaired) electrons. The molecule has 1 saturated carbocycles. The summed E-state index contributed by atoms with van der Waals surface area (Å²) < 4.78 is 19.9. The zero-order valence-electron chi connectivity index (χ0n) is 17.8. The van der Waals surface area contributed by atoms with Gasteiger partial charge in [0.1, 0.15) is 5.82 Å². The van der Waals surface area contributed by atoms with Crippen molar-refractivity contribution >= 4 is 11.6 Å². The Kier molecular flexibility index (Phi) is 4.01. The van der Waals surface area contributed by atoms with Crippen LogP contribution in [0, 0.1) is 12.7 Å². The number of fused-ring (bicyclic) bond motifs is 2. The molecule has 6 heteroatoms. The number of nitrogens with one attached hydrogen (secondary N) is 1. The predicted octanol–water partition coefficient (Wildman–Crippen LogP) is 4.22. The molecule has 158 valence electrons. The molecule has 3 heterocycles. The van der Waals surface area contributed by atoms with Crippen molar-refractivity contribution in [2.75, 3.05) is 31.7 Å². The Bertz CT molecular complexity index is 1170. The van der Waals surface area contributed by atoms with E-state index >= 15 is 0 Å². The maximum Gasteiger partial charge on any atom is 0.229 e. The summed E-state index contributed by atoms with van der Waals surface area (Å²) in [7, 11) is 2.03. The van der Waals surface area contributed by atoms with Crippen molar-refractivity contribution in [3.8, 4) is 11.1 Å². The molecule has 31 heavy (non-hydrogen) atoms. The third kappa shape index (κ3) is 2.82. The number of ether oxygens (including phenoxy) is 1. The van der Waals surface area contributed by atoms with Crippen LogP contribution in [0.5, 0.6) is 0 Å². The second-order valence-corrected chi connectivity index (χ2v) is 9.18. The first-order chi connectivity index (χ1) is 15.0. The minimum atomic E-state index is -0.259. The maximum atomic E-state index is 14.3. The van der Waals surface area contributed by atoms with Gasteiger partial charge in [-0.1, -0.05) is 23.8 Å². The third-order valence-electron chi connectivity index (χ3n) is 7.17. The Morgan fingerprint density at radius 3 is 2.48 bits per heavy atom. The van der Waals surface area contributed by atoms with E-state index in [9.17, 15) is 4.39 Å². The fourth-order valence-electron chi connectivity index (χ4n) is 5.02. The summed E-state index contributed by atoms with van der Waals surface area (Å²) in [6, 6.07) is 11.9. The number of benzene rings is 2. The van der Waals surface area contributed by atoms with Crippen LogP contribution in [0.3, 0.4) is 0 Å². The van der Waals surface area contributed by atoms with E-state index in [-0.39, 0.29) is 16.8 Å². The molecule has 0 unspecified atom stereocenters. The lowest BCUT2D eigenvalue weighted by molar-refractivity contribution is -0.0507. The van der Waals surface area contributed by atoms with Crippen molar-refractivity contribution in [3.63, 3.8) is 0 Å². The number of aryl methyl sites for hydroxylation is 1. The number of hydrogen-bond donors (Lipinski definition) is 1. The van der Waals surface area contributed by atoms with E-state index in [1.165, 1.54) is 17.2 Å². The van der Waals surface area contributed by atoms with Crippen molar-refractivity contribution in [3.05, 3.63) is 71.3 Å². The highest BCUT2D eigenvalue weighted by molar-refractivity contribution is 5.72. The average molecular weight is 417 g/mol. The van der Waals surface area contributed by atoms with Crippen LogP contribution in [0.1, 0.15) is 29.5 Å². The first kappa shape index (κ1) is 18.9. The highest BCUT2D eigenvalue weighted by Gasteiger charge is 2.51. The lowest BCUT2D eigenvalue weighted by atomic mass is 9.80. The van der Waals surface area contributed by atoms with Gasteiger partial charge in [0, 0.05) is 41.3 Å². The standard InChI is InChI=1S/C25H25FN4O/c1-16-3-6-21(26)19(9-16)17-11-28-23(29-12-17)30-13-24(14-31-15-24)20-5-4-18(10-22(20)30)25(27-2)7-8-25/h3-6,9-12,27H,7-8,13-15H2,1-2H3. The SMILES string of the molecule is CNC1(c2ccc3c(c2)N(c2ncc(-c4cc(C)ccc4F)cn2)CC32COC2)CC1. The fraction of sp³-hybridized carbons (Fsp3) is 0.360. The molecule has 2 aliphatic heterocycles. The molecule has 1 aliphatic carbocycles. The van der Waals surface area contributed by atoms with Crippen molar-refractivity contribution in [1.29, 1.82) is 0 Å². The van der Waals surface area contributed by atoms with Crippen LogP contribution < -0.4 is 10.2 Å². The summed E-state index contributed by atoms with van der Waals surface area (Å²) in [6.07, 6.45) is 5.76. The lowest BCUT2D eigenvalue weighted by Gasteiger charge is -2.38. The summed E-state index contributed by atoms with van der Waals surface area (Å²) in [5, 5.41) is 3.49. The molecule has 0 amide bonds. The average Bonchev–Trinajstić information content (AvgIpc) is 3.49. The number of halogens is 1. The summed E-state index contributed by atoms with van der Waals surface area (Å²) in [4.78, 5) is 11.5. The minimum absolute atomic E-state index is 0.00883. The monoisotopic (exact) mass is 416 g/mol. The molecular formula is C25H25FN4O. The number of rotatable bonds is 4. The van der Waals surface area contributed by atoms with Gasteiger partial charge in [0.25, 0.3) is 0 Å². The first-order valence-electron chi connectivity index (χ1n) is 10.8. The molecule has 1 aromatic heterocycles. The van der Waals surface area contributed by atoms with Gasteiger partial charge < -0.3 is 15.0 Å². The van der Waals surface area contributed by atoms with Gasteiger partial charge in [-0.25, -0.2) is 14.4 Å². The van der Waals surface area contributed by atoms with Crippen LogP contribution in [0.15, 0.2) is 48.8 Å². The largest absolute Gasteiger partial charge is 0.379 e. The van der Waals surface area contributed by atoms with Gasteiger partial charge in [-0.3, -0.25) is 0 Å². The van der Waals surface area contributed by atoms with Gasteiger partial charge in [-0.05, 0) is 56.1 Å². The van der Waals surface area contributed by atoms with Crippen LogP contribution in [0.25, 0.3) is 11.1 Å². The Hall–Kier alpha value is -2.83. The molecule has 5 nitrogen and oxygen atoms in total. The summed E-state index contributed by atoms with van der Waals surface area (Å²) >= 11 is 0. The van der Waals surface area contributed by atoms with Crippen LogP contribution >= 0.6 is 0 Å². The zero-order valence-corrected chi connectivity index (χ0v) is 17.8. The maximum absolute atomic E-state index is 14.3. The Morgan fingerprint density at radius 1 is 1.06 bits per heavy atom.